The second-order valence-corrected chi connectivity index (χ2v) is 8.65. The molecule has 0 saturated carbocycles. The number of rotatable bonds is 5. The molecule has 11 N–H and O–H groups in total. The average molecular weight is 442 g/mol. The highest BCUT2D eigenvalue weighted by molar-refractivity contribution is 5.93. The Balaban J connectivity index is 1.68. The van der Waals surface area contributed by atoms with Gasteiger partial charge in [-0.3, -0.25) is 4.79 Å². The fourth-order valence-electron chi connectivity index (χ4n) is 4.26. The quantitative estimate of drug-likeness (QED) is 0.313. The summed E-state index contributed by atoms with van der Waals surface area (Å²) >= 11 is 0. The zero-order chi connectivity index (χ0) is 22.8. The van der Waals surface area contributed by atoms with E-state index >= 15 is 0 Å². The van der Waals surface area contributed by atoms with E-state index in [4.69, 9.17) is 33.7 Å². The van der Waals surface area contributed by atoms with Gasteiger partial charge in [-0.05, 0) is 31.0 Å². The number of carbonyl (C=O) groups excluding carboxylic acids is 1. The fourth-order valence-corrected chi connectivity index (χ4v) is 4.26. The highest BCUT2D eigenvalue weighted by Crippen LogP contribution is 2.24. The van der Waals surface area contributed by atoms with Gasteiger partial charge in [0.05, 0.1) is 0 Å². The zero-order valence-electron chi connectivity index (χ0n) is 17.9. The van der Waals surface area contributed by atoms with Gasteiger partial charge in [-0.2, -0.15) is 15.0 Å². The van der Waals surface area contributed by atoms with Gasteiger partial charge in [-0.1, -0.05) is 6.07 Å². The van der Waals surface area contributed by atoms with Crippen molar-refractivity contribution in [1.82, 2.24) is 15.0 Å². The fraction of sp³-hybridized carbons (Fsp3) is 0.500. The van der Waals surface area contributed by atoms with E-state index in [0.717, 1.165) is 12.8 Å². The van der Waals surface area contributed by atoms with Gasteiger partial charge in [0.2, 0.25) is 23.8 Å². The van der Waals surface area contributed by atoms with Gasteiger partial charge in [-0.25, -0.2) is 0 Å². The molecule has 0 aliphatic carbocycles. The Kier molecular flexibility index (Phi) is 6.37. The van der Waals surface area contributed by atoms with Crippen molar-refractivity contribution in [1.29, 1.82) is 0 Å². The molecule has 2 fully saturated rings. The molecule has 0 spiro atoms. The summed E-state index contributed by atoms with van der Waals surface area (Å²) in [6.07, 6.45) is 1.49. The Morgan fingerprint density at radius 3 is 1.81 bits per heavy atom. The number of amides is 1. The number of hydrogen-bond acceptors (Lipinski definition) is 11. The molecule has 1 aromatic carbocycles. The van der Waals surface area contributed by atoms with E-state index in [1.54, 1.807) is 24.3 Å². The van der Waals surface area contributed by atoms with E-state index in [-0.39, 0.29) is 24.2 Å². The molecule has 172 valence electrons. The van der Waals surface area contributed by atoms with Crippen molar-refractivity contribution in [2.24, 2.45) is 28.7 Å². The highest BCUT2D eigenvalue weighted by atomic mass is 16.1. The predicted octanol–water partition coefficient (Wildman–Crippen LogP) is -1.56. The third-order valence-electron chi connectivity index (χ3n) is 5.61. The van der Waals surface area contributed by atoms with E-state index in [1.165, 1.54) is 0 Å². The number of nitrogens with one attached hydrogen (secondary N) is 1. The summed E-state index contributed by atoms with van der Waals surface area (Å²) in [5.74, 6) is 0.758. The molecular weight excluding hydrogens is 410 g/mol. The molecule has 32 heavy (non-hydrogen) atoms. The number of carbonyl (C=O) groups is 1. The van der Waals surface area contributed by atoms with Crippen molar-refractivity contribution in [2.45, 2.75) is 37.0 Å². The van der Waals surface area contributed by atoms with Gasteiger partial charge in [0, 0.05) is 61.6 Å². The molecule has 1 aromatic heterocycles. The van der Waals surface area contributed by atoms with E-state index in [1.807, 2.05) is 9.80 Å². The summed E-state index contributed by atoms with van der Waals surface area (Å²) in [7, 11) is 0. The molecule has 4 rings (SSSR count). The van der Waals surface area contributed by atoms with Crippen LogP contribution >= 0.6 is 0 Å². The van der Waals surface area contributed by atoms with Crippen LogP contribution in [-0.2, 0) is 0 Å². The van der Waals surface area contributed by atoms with Crippen LogP contribution < -0.4 is 43.8 Å². The Morgan fingerprint density at radius 1 is 0.844 bits per heavy atom. The summed E-state index contributed by atoms with van der Waals surface area (Å²) in [6, 6.07) is 6.54. The second-order valence-electron chi connectivity index (χ2n) is 8.65. The number of benzene rings is 1. The van der Waals surface area contributed by atoms with Crippen molar-refractivity contribution < 1.29 is 4.79 Å². The lowest BCUT2D eigenvalue weighted by Crippen LogP contribution is -2.54. The molecule has 0 bridgehead atoms. The van der Waals surface area contributed by atoms with Crippen LogP contribution in [-0.4, -0.2) is 71.2 Å². The van der Waals surface area contributed by atoms with Crippen LogP contribution in [0.1, 0.15) is 23.2 Å². The molecule has 2 saturated heterocycles. The van der Waals surface area contributed by atoms with E-state index in [2.05, 4.69) is 15.3 Å². The third kappa shape index (κ3) is 5.22. The van der Waals surface area contributed by atoms with Crippen LogP contribution in [0, 0.1) is 0 Å². The SMILES string of the molecule is NC(=O)c1cccc(Nc2nc(N3C[C@H](N)C[C@H](N)C3)nc(N3C[C@H](N)C[C@H](N)C3)n2)c1. The number of nitrogens with zero attached hydrogens (tertiary/aromatic N) is 5. The highest BCUT2D eigenvalue weighted by Gasteiger charge is 2.28. The molecule has 2 aromatic rings. The molecule has 2 aliphatic rings. The zero-order valence-corrected chi connectivity index (χ0v) is 17.9. The number of hydrogen-bond donors (Lipinski definition) is 6. The van der Waals surface area contributed by atoms with E-state index < -0.39 is 5.91 Å². The van der Waals surface area contributed by atoms with Gasteiger partial charge in [0.15, 0.2) is 0 Å². The van der Waals surface area contributed by atoms with Crippen molar-refractivity contribution in [3.63, 3.8) is 0 Å². The van der Waals surface area contributed by atoms with Crippen LogP contribution in [0.5, 0.6) is 0 Å². The van der Waals surface area contributed by atoms with Gasteiger partial charge in [0.25, 0.3) is 0 Å². The first kappa shape index (κ1) is 22.1. The summed E-state index contributed by atoms with van der Waals surface area (Å²) in [5, 5.41) is 3.15. The van der Waals surface area contributed by atoms with Crippen molar-refractivity contribution in [3.05, 3.63) is 29.8 Å². The standard InChI is InChI=1S/C20H31N11O/c21-12-5-13(22)8-30(7-12)19-27-18(26-16-3-1-2-11(4-16)17(25)32)28-20(29-19)31-9-14(23)6-15(24)10-31/h1-4,12-15H,5-10,21-24H2,(H2,25,32)(H,26,27,28,29)/t12-,13+,14-,15+. The van der Waals surface area contributed by atoms with Gasteiger partial charge >= 0.3 is 0 Å². The molecule has 3 heterocycles. The minimum Gasteiger partial charge on any atom is -0.366 e. The normalized spacial score (nSPS) is 26.1. The Bertz CT molecular complexity index is 906. The summed E-state index contributed by atoms with van der Waals surface area (Å²) in [5.41, 5.74) is 31.1. The maximum absolute atomic E-state index is 11.5. The first-order chi connectivity index (χ1) is 15.3. The Hall–Kier alpha value is -3.06. The number of aromatic nitrogens is 3. The summed E-state index contributed by atoms with van der Waals surface area (Å²) < 4.78 is 0. The first-order valence-corrected chi connectivity index (χ1v) is 10.7. The molecule has 0 radical (unpaired) electrons. The lowest BCUT2D eigenvalue weighted by atomic mass is 10.0. The monoisotopic (exact) mass is 441 g/mol. The minimum absolute atomic E-state index is 0.0700. The maximum Gasteiger partial charge on any atom is 0.248 e. The third-order valence-corrected chi connectivity index (χ3v) is 5.61. The number of piperidine rings is 2. The second kappa shape index (κ2) is 9.20. The van der Waals surface area contributed by atoms with Crippen molar-refractivity contribution in [2.75, 3.05) is 41.3 Å². The number of anilines is 4. The molecule has 2 aliphatic heterocycles. The van der Waals surface area contributed by atoms with Crippen molar-refractivity contribution in [3.8, 4) is 0 Å². The van der Waals surface area contributed by atoms with Gasteiger partial charge in [0.1, 0.15) is 0 Å². The smallest absolute Gasteiger partial charge is 0.248 e. The predicted molar refractivity (Wildman–Crippen MR) is 124 cm³/mol. The van der Waals surface area contributed by atoms with Crippen LogP contribution in [0.2, 0.25) is 0 Å². The lowest BCUT2D eigenvalue weighted by molar-refractivity contribution is 0.100. The minimum atomic E-state index is -0.516. The van der Waals surface area contributed by atoms with Gasteiger partial charge in [-0.15, -0.1) is 0 Å². The average Bonchev–Trinajstić information content (AvgIpc) is 2.72. The van der Waals surface area contributed by atoms with Crippen LogP contribution in [0.3, 0.4) is 0 Å². The molecule has 1 amide bonds. The van der Waals surface area contributed by atoms with Crippen molar-refractivity contribution >= 4 is 29.4 Å². The topological polar surface area (TPSA) is 204 Å². The van der Waals surface area contributed by atoms with Crippen LogP contribution in [0.4, 0.5) is 23.5 Å². The molecule has 0 unspecified atom stereocenters. The van der Waals surface area contributed by atoms with Crippen LogP contribution in [0.15, 0.2) is 24.3 Å². The van der Waals surface area contributed by atoms with E-state index in [0.29, 0.717) is 55.3 Å². The number of nitrogens with two attached hydrogens (primary N) is 5. The first-order valence-electron chi connectivity index (χ1n) is 10.7. The number of primary amides is 1. The largest absolute Gasteiger partial charge is 0.366 e. The Morgan fingerprint density at radius 2 is 1.34 bits per heavy atom. The summed E-state index contributed by atoms with van der Waals surface area (Å²) in [6.45, 7) is 2.36. The van der Waals surface area contributed by atoms with Gasteiger partial charge < -0.3 is 43.8 Å². The molecule has 4 atom stereocenters. The molecule has 12 nitrogen and oxygen atoms in total. The van der Waals surface area contributed by atoms with Crippen LogP contribution in [0.25, 0.3) is 0 Å². The summed E-state index contributed by atoms with van der Waals surface area (Å²) in [4.78, 5) is 29.4. The molecular formula is C20H31N11O. The van der Waals surface area contributed by atoms with E-state index in [9.17, 15) is 4.79 Å². The Labute approximate surface area is 186 Å². The lowest BCUT2D eigenvalue weighted by Gasteiger charge is -2.37. The maximum atomic E-state index is 11.5. The molecule has 12 heteroatoms.